The maximum atomic E-state index is 5.98. The quantitative estimate of drug-likeness (QED) is 0.391. The second kappa shape index (κ2) is 10.8. The van der Waals surface area contributed by atoms with Gasteiger partial charge in [0.25, 0.3) is 0 Å². The molecule has 2 aliphatic heterocycles. The summed E-state index contributed by atoms with van der Waals surface area (Å²) in [6, 6.07) is 0. The van der Waals surface area contributed by atoms with E-state index in [2.05, 4.69) is 27.0 Å². The highest BCUT2D eigenvalue weighted by Gasteiger charge is 2.18. The number of aliphatic imine (C=N–C) groups is 1. The third kappa shape index (κ3) is 7.50. The molecule has 2 rings (SSSR count). The molecule has 0 aromatic rings. The van der Waals surface area contributed by atoms with Gasteiger partial charge < -0.3 is 20.7 Å². The van der Waals surface area contributed by atoms with Crippen LogP contribution < -0.4 is 11.1 Å². The molecule has 3 N–H and O–H groups in total. The topological polar surface area (TPSA) is 66.1 Å². The van der Waals surface area contributed by atoms with Crippen LogP contribution in [0.15, 0.2) is 4.99 Å². The highest BCUT2D eigenvalue weighted by molar-refractivity contribution is 5.77. The Balaban J connectivity index is 1.51. The second-order valence-corrected chi connectivity index (χ2v) is 6.75. The van der Waals surface area contributed by atoms with E-state index < -0.39 is 0 Å². The summed E-state index contributed by atoms with van der Waals surface area (Å²) in [5.74, 6) is 1.32. The normalized spacial score (nSPS) is 22.4. The molecule has 23 heavy (non-hydrogen) atoms. The lowest BCUT2D eigenvalue weighted by Gasteiger charge is -2.30. The molecule has 6 nitrogen and oxygen atoms in total. The van der Waals surface area contributed by atoms with Crippen LogP contribution in [-0.2, 0) is 4.74 Å². The van der Waals surface area contributed by atoms with Crippen molar-refractivity contribution in [1.82, 2.24) is 15.1 Å². The molecule has 0 aromatic carbocycles. The van der Waals surface area contributed by atoms with Gasteiger partial charge in [-0.2, -0.15) is 0 Å². The van der Waals surface area contributed by atoms with Crippen LogP contribution in [0.3, 0.4) is 0 Å². The second-order valence-electron chi connectivity index (χ2n) is 6.75. The minimum absolute atomic E-state index is 0.614. The number of guanidine groups is 1. The number of rotatable bonds is 8. The smallest absolute Gasteiger partial charge is 0.188 e. The van der Waals surface area contributed by atoms with Crippen LogP contribution in [0.25, 0.3) is 0 Å². The molecule has 0 radical (unpaired) electrons. The van der Waals surface area contributed by atoms with Crippen molar-refractivity contribution in [1.29, 1.82) is 0 Å². The maximum absolute atomic E-state index is 5.98. The Morgan fingerprint density at radius 1 is 1.13 bits per heavy atom. The third-order valence-corrected chi connectivity index (χ3v) is 4.83. The van der Waals surface area contributed by atoms with E-state index in [0.29, 0.717) is 11.9 Å². The number of ether oxygens (including phenoxy) is 1. The zero-order valence-electron chi connectivity index (χ0n) is 14.8. The van der Waals surface area contributed by atoms with Crippen LogP contribution in [0.5, 0.6) is 0 Å². The molecule has 2 saturated heterocycles. The van der Waals surface area contributed by atoms with Gasteiger partial charge in [0, 0.05) is 26.2 Å². The molecule has 0 aromatic heterocycles. The average molecular weight is 326 g/mol. The van der Waals surface area contributed by atoms with Gasteiger partial charge in [0.1, 0.15) is 0 Å². The Hall–Kier alpha value is -0.850. The molecular weight excluding hydrogens is 290 g/mol. The SMILES string of the molecule is CCCN1CCC(CN=C(N)NCCCN2CCOCC2)CC1. The van der Waals surface area contributed by atoms with E-state index in [1.807, 2.05) is 0 Å². The Morgan fingerprint density at radius 3 is 2.52 bits per heavy atom. The number of hydrogen-bond acceptors (Lipinski definition) is 4. The van der Waals surface area contributed by atoms with Crippen LogP contribution in [-0.4, -0.2) is 81.3 Å². The Morgan fingerprint density at radius 2 is 1.83 bits per heavy atom. The van der Waals surface area contributed by atoms with Crippen molar-refractivity contribution in [2.45, 2.75) is 32.6 Å². The van der Waals surface area contributed by atoms with Crippen molar-refractivity contribution >= 4 is 5.96 Å². The molecule has 134 valence electrons. The number of nitrogens with zero attached hydrogens (tertiary/aromatic N) is 3. The molecule has 6 heteroatoms. The van der Waals surface area contributed by atoms with Crippen LogP contribution in [0.2, 0.25) is 0 Å². The minimum Gasteiger partial charge on any atom is -0.379 e. The molecule has 0 saturated carbocycles. The molecule has 0 bridgehead atoms. The van der Waals surface area contributed by atoms with Crippen molar-refractivity contribution in [2.75, 3.05) is 65.6 Å². The van der Waals surface area contributed by atoms with Crippen molar-refractivity contribution in [2.24, 2.45) is 16.6 Å². The Kier molecular flexibility index (Phi) is 8.71. The summed E-state index contributed by atoms with van der Waals surface area (Å²) in [6.07, 6.45) is 4.87. The van der Waals surface area contributed by atoms with Gasteiger partial charge in [0.2, 0.25) is 0 Å². The van der Waals surface area contributed by atoms with Gasteiger partial charge in [0.05, 0.1) is 13.2 Å². The summed E-state index contributed by atoms with van der Waals surface area (Å²) in [7, 11) is 0. The van der Waals surface area contributed by atoms with Crippen molar-refractivity contribution in [3.05, 3.63) is 0 Å². The van der Waals surface area contributed by atoms with Crippen LogP contribution >= 0.6 is 0 Å². The first-order valence-electron chi connectivity index (χ1n) is 9.34. The molecule has 0 aliphatic carbocycles. The largest absolute Gasteiger partial charge is 0.379 e. The van der Waals surface area contributed by atoms with E-state index in [4.69, 9.17) is 10.5 Å². The third-order valence-electron chi connectivity index (χ3n) is 4.83. The van der Waals surface area contributed by atoms with Gasteiger partial charge in [-0.05, 0) is 57.8 Å². The van der Waals surface area contributed by atoms with E-state index in [-0.39, 0.29) is 0 Å². The monoisotopic (exact) mass is 325 g/mol. The Labute approximate surface area is 141 Å². The fraction of sp³-hybridized carbons (Fsp3) is 0.941. The van der Waals surface area contributed by atoms with E-state index in [9.17, 15) is 0 Å². The van der Waals surface area contributed by atoms with E-state index in [1.54, 1.807) is 0 Å². The summed E-state index contributed by atoms with van der Waals surface area (Å²) < 4.78 is 5.35. The number of hydrogen-bond donors (Lipinski definition) is 2. The summed E-state index contributed by atoms with van der Waals surface area (Å²) in [5, 5.41) is 3.25. The molecule has 0 amide bonds. The van der Waals surface area contributed by atoms with Crippen LogP contribution in [0.4, 0.5) is 0 Å². The number of nitrogens with one attached hydrogen (secondary N) is 1. The molecule has 2 fully saturated rings. The zero-order chi connectivity index (χ0) is 16.3. The first-order valence-corrected chi connectivity index (χ1v) is 9.34. The van der Waals surface area contributed by atoms with Crippen molar-refractivity contribution < 1.29 is 4.74 Å². The molecular formula is C17H35N5O. The molecule has 2 heterocycles. The van der Waals surface area contributed by atoms with Gasteiger partial charge in [-0.25, -0.2) is 0 Å². The van der Waals surface area contributed by atoms with Gasteiger partial charge in [-0.3, -0.25) is 9.89 Å². The first kappa shape index (κ1) is 18.5. The van der Waals surface area contributed by atoms with Gasteiger partial charge in [-0.1, -0.05) is 6.92 Å². The van der Waals surface area contributed by atoms with Gasteiger partial charge >= 0.3 is 0 Å². The molecule has 0 unspecified atom stereocenters. The number of piperidine rings is 1. The predicted octanol–water partition coefficient (Wildman–Crippen LogP) is 0.735. The van der Waals surface area contributed by atoms with Crippen molar-refractivity contribution in [3.8, 4) is 0 Å². The van der Waals surface area contributed by atoms with Crippen LogP contribution in [0.1, 0.15) is 32.6 Å². The molecule has 0 spiro atoms. The fourth-order valence-electron chi connectivity index (χ4n) is 3.34. The lowest BCUT2D eigenvalue weighted by atomic mass is 9.97. The fourth-order valence-corrected chi connectivity index (χ4v) is 3.34. The van der Waals surface area contributed by atoms with Gasteiger partial charge in [0.15, 0.2) is 5.96 Å². The number of likely N-dealkylation sites (tertiary alicyclic amines) is 1. The average Bonchev–Trinajstić information content (AvgIpc) is 2.59. The number of nitrogens with two attached hydrogens (primary N) is 1. The van der Waals surface area contributed by atoms with E-state index in [1.165, 1.54) is 38.9 Å². The highest BCUT2D eigenvalue weighted by atomic mass is 16.5. The molecule has 0 atom stereocenters. The lowest BCUT2D eigenvalue weighted by molar-refractivity contribution is 0.0376. The van der Waals surface area contributed by atoms with E-state index in [0.717, 1.165) is 52.4 Å². The molecule has 2 aliphatic rings. The lowest BCUT2D eigenvalue weighted by Crippen LogP contribution is -2.39. The standard InChI is InChI=1S/C17H35N5O/c1-2-7-21-9-4-16(5-10-21)15-20-17(18)19-6-3-8-22-11-13-23-14-12-22/h16H,2-15H2,1H3,(H3,18,19,20). The number of morpholine rings is 1. The highest BCUT2D eigenvalue weighted by Crippen LogP contribution is 2.17. The summed E-state index contributed by atoms with van der Waals surface area (Å²) in [4.78, 5) is 9.54. The minimum atomic E-state index is 0.614. The van der Waals surface area contributed by atoms with Crippen molar-refractivity contribution in [3.63, 3.8) is 0 Å². The first-order chi connectivity index (χ1) is 11.3. The predicted molar refractivity (Wildman–Crippen MR) is 95.8 cm³/mol. The summed E-state index contributed by atoms with van der Waals surface area (Å²) in [5.41, 5.74) is 5.98. The maximum Gasteiger partial charge on any atom is 0.188 e. The van der Waals surface area contributed by atoms with Gasteiger partial charge in [-0.15, -0.1) is 0 Å². The zero-order valence-corrected chi connectivity index (χ0v) is 14.8. The summed E-state index contributed by atoms with van der Waals surface area (Å²) >= 11 is 0. The Bertz CT molecular complexity index is 336. The van der Waals surface area contributed by atoms with E-state index >= 15 is 0 Å². The summed E-state index contributed by atoms with van der Waals surface area (Å²) in [6.45, 7) is 12.7. The van der Waals surface area contributed by atoms with Crippen LogP contribution in [0, 0.1) is 5.92 Å².